The van der Waals surface area contributed by atoms with Crippen molar-refractivity contribution in [2.45, 2.75) is 82.9 Å². The molecule has 2 aliphatic rings. The van der Waals surface area contributed by atoms with Gasteiger partial charge >= 0.3 is 0 Å². The van der Waals surface area contributed by atoms with Crippen LogP contribution in [-0.2, 0) is 11.2 Å². The van der Waals surface area contributed by atoms with Gasteiger partial charge < -0.3 is 19.8 Å². The molecule has 3 rings (SSSR count). The van der Waals surface area contributed by atoms with Gasteiger partial charge in [0.25, 0.3) is 0 Å². The molecule has 0 radical (unpaired) electrons. The molecule has 1 aliphatic carbocycles. The third-order valence-corrected chi connectivity index (χ3v) is 5.55. The summed E-state index contributed by atoms with van der Waals surface area (Å²) in [6.07, 6.45) is 10.8. The van der Waals surface area contributed by atoms with Crippen molar-refractivity contribution in [3.63, 3.8) is 0 Å². The molecule has 0 aromatic carbocycles. The third kappa shape index (κ3) is 6.15. The SMILES string of the molecule is CCC(C)NC(=NCCc1ccco1)NC1CCOC2(CCCC2)C1.I. The maximum atomic E-state index is 6.16. The fraction of sp³-hybridized carbons (Fsp3) is 0.750. The zero-order valence-electron chi connectivity index (χ0n) is 16.1. The topological polar surface area (TPSA) is 58.8 Å². The van der Waals surface area contributed by atoms with E-state index in [2.05, 4.69) is 24.5 Å². The van der Waals surface area contributed by atoms with Crippen molar-refractivity contribution in [2.75, 3.05) is 13.2 Å². The molecular formula is C20H34IN3O2. The number of nitrogens with one attached hydrogen (secondary N) is 2. The first-order chi connectivity index (χ1) is 12.2. The van der Waals surface area contributed by atoms with Crippen LogP contribution in [0.25, 0.3) is 0 Å². The summed E-state index contributed by atoms with van der Waals surface area (Å²) in [6.45, 7) is 5.99. The maximum Gasteiger partial charge on any atom is 0.191 e. The molecule has 1 aromatic rings. The van der Waals surface area contributed by atoms with Gasteiger partial charge in [-0.05, 0) is 51.2 Å². The van der Waals surface area contributed by atoms with E-state index in [-0.39, 0.29) is 29.6 Å². The highest BCUT2D eigenvalue weighted by atomic mass is 127. The molecule has 0 bridgehead atoms. The van der Waals surface area contributed by atoms with Crippen LogP contribution >= 0.6 is 24.0 Å². The molecule has 1 aromatic heterocycles. The highest BCUT2D eigenvalue weighted by molar-refractivity contribution is 14.0. The molecule has 148 valence electrons. The molecule has 1 saturated heterocycles. The first-order valence-electron chi connectivity index (χ1n) is 9.93. The Kier molecular flexibility index (Phi) is 8.73. The van der Waals surface area contributed by atoms with Gasteiger partial charge in [0, 0.05) is 31.7 Å². The van der Waals surface area contributed by atoms with E-state index in [1.807, 2.05) is 12.1 Å². The van der Waals surface area contributed by atoms with Crippen molar-refractivity contribution >= 4 is 29.9 Å². The highest BCUT2D eigenvalue weighted by Crippen LogP contribution is 2.39. The second-order valence-corrected chi connectivity index (χ2v) is 7.59. The van der Waals surface area contributed by atoms with E-state index in [4.69, 9.17) is 14.1 Å². The van der Waals surface area contributed by atoms with E-state index in [9.17, 15) is 0 Å². The highest BCUT2D eigenvalue weighted by Gasteiger charge is 2.40. The van der Waals surface area contributed by atoms with Gasteiger partial charge in [-0.15, -0.1) is 24.0 Å². The number of rotatable bonds is 6. The Balaban J connectivity index is 0.00000243. The maximum absolute atomic E-state index is 6.16. The standard InChI is InChI=1S/C20H33N3O2.HI/c1-3-16(2)22-19(21-12-8-18-7-6-13-24-18)23-17-9-14-25-20(15-17)10-4-5-11-20;/h6-7,13,16-17H,3-5,8-12,14-15H2,1-2H3,(H2,21,22,23);1H. The number of hydrogen-bond donors (Lipinski definition) is 2. The van der Waals surface area contributed by atoms with Gasteiger partial charge in [0.1, 0.15) is 5.76 Å². The van der Waals surface area contributed by atoms with E-state index < -0.39 is 0 Å². The Morgan fingerprint density at radius 1 is 1.38 bits per heavy atom. The van der Waals surface area contributed by atoms with Crippen LogP contribution in [0.4, 0.5) is 0 Å². The lowest BCUT2D eigenvalue weighted by Gasteiger charge is -2.39. The molecule has 26 heavy (non-hydrogen) atoms. The number of hydrogen-bond acceptors (Lipinski definition) is 3. The quantitative estimate of drug-likeness (QED) is 0.367. The van der Waals surface area contributed by atoms with Crippen LogP contribution in [-0.4, -0.2) is 36.8 Å². The van der Waals surface area contributed by atoms with Crippen molar-refractivity contribution < 1.29 is 9.15 Å². The van der Waals surface area contributed by atoms with Crippen molar-refractivity contribution in [3.05, 3.63) is 24.2 Å². The monoisotopic (exact) mass is 475 g/mol. The first-order valence-corrected chi connectivity index (χ1v) is 9.93. The summed E-state index contributed by atoms with van der Waals surface area (Å²) in [5.74, 6) is 1.92. The summed E-state index contributed by atoms with van der Waals surface area (Å²) < 4.78 is 11.6. The van der Waals surface area contributed by atoms with Crippen LogP contribution in [0.5, 0.6) is 0 Å². The molecule has 2 unspecified atom stereocenters. The van der Waals surface area contributed by atoms with Gasteiger partial charge in [-0.1, -0.05) is 19.8 Å². The van der Waals surface area contributed by atoms with E-state index >= 15 is 0 Å². The van der Waals surface area contributed by atoms with Crippen LogP contribution in [0, 0.1) is 0 Å². The van der Waals surface area contributed by atoms with Gasteiger partial charge in [0.2, 0.25) is 0 Å². The van der Waals surface area contributed by atoms with Gasteiger partial charge in [-0.2, -0.15) is 0 Å². The molecule has 2 atom stereocenters. The number of furan rings is 1. The summed E-state index contributed by atoms with van der Waals surface area (Å²) in [6, 6.07) is 4.80. The summed E-state index contributed by atoms with van der Waals surface area (Å²) >= 11 is 0. The van der Waals surface area contributed by atoms with Gasteiger partial charge in [0.15, 0.2) is 5.96 Å². The Hall–Kier alpha value is -0.760. The predicted octanol–water partition coefficient (Wildman–Crippen LogP) is 4.27. The second-order valence-electron chi connectivity index (χ2n) is 7.59. The van der Waals surface area contributed by atoms with Gasteiger partial charge in [-0.3, -0.25) is 4.99 Å². The van der Waals surface area contributed by atoms with E-state index in [1.165, 1.54) is 25.7 Å². The molecule has 2 heterocycles. The lowest BCUT2D eigenvalue weighted by atomic mass is 9.89. The number of guanidine groups is 1. The second kappa shape index (κ2) is 10.5. The Bertz CT molecular complexity index is 541. The van der Waals surface area contributed by atoms with Crippen LogP contribution in [0.15, 0.2) is 27.8 Å². The number of halogens is 1. The van der Waals surface area contributed by atoms with Crippen molar-refractivity contribution in [3.8, 4) is 0 Å². The summed E-state index contributed by atoms with van der Waals surface area (Å²) in [5, 5.41) is 7.22. The van der Waals surface area contributed by atoms with E-state index in [1.54, 1.807) is 6.26 Å². The molecule has 1 saturated carbocycles. The van der Waals surface area contributed by atoms with Crippen molar-refractivity contribution in [1.29, 1.82) is 0 Å². The summed E-state index contributed by atoms with van der Waals surface area (Å²) in [4.78, 5) is 4.79. The first kappa shape index (κ1) is 21.5. The summed E-state index contributed by atoms with van der Waals surface area (Å²) in [5.41, 5.74) is 0.131. The minimum absolute atomic E-state index is 0. The fourth-order valence-electron chi connectivity index (χ4n) is 3.91. The summed E-state index contributed by atoms with van der Waals surface area (Å²) in [7, 11) is 0. The molecule has 0 amide bonds. The number of ether oxygens (including phenoxy) is 1. The third-order valence-electron chi connectivity index (χ3n) is 5.55. The van der Waals surface area contributed by atoms with Crippen LogP contribution in [0.3, 0.4) is 0 Å². The minimum Gasteiger partial charge on any atom is -0.469 e. The minimum atomic E-state index is 0. The fourth-order valence-corrected chi connectivity index (χ4v) is 3.91. The zero-order valence-corrected chi connectivity index (χ0v) is 18.5. The van der Waals surface area contributed by atoms with Crippen LogP contribution in [0.1, 0.15) is 64.6 Å². The normalized spacial score (nSPS) is 23.5. The predicted molar refractivity (Wildman–Crippen MR) is 116 cm³/mol. The van der Waals surface area contributed by atoms with Crippen LogP contribution < -0.4 is 10.6 Å². The molecule has 1 spiro atoms. The van der Waals surface area contributed by atoms with Crippen molar-refractivity contribution in [1.82, 2.24) is 10.6 Å². The van der Waals surface area contributed by atoms with E-state index in [0.29, 0.717) is 12.1 Å². The molecule has 2 N–H and O–H groups in total. The number of nitrogens with zero attached hydrogens (tertiary/aromatic N) is 1. The van der Waals surface area contributed by atoms with Crippen molar-refractivity contribution in [2.24, 2.45) is 4.99 Å². The Labute approximate surface area is 174 Å². The molecule has 2 fully saturated rings. The average Bonchev–Trinajstić information content (AvgIpc) is 3.27. The lowest BCUT2D eigenvalue weighted by Crippen LogP contribution is -2.52. The Morgan fingerprint density at radius 2 is 2.19 bits per heavy atom. The molecule has 1 aliphatic heterocycles. The molecule has 5 nitrogen and oxygen atoms in total. The number of aliphatic imine (C=N–C) groups is 1. The van der Waals surface area contributed by atoms with Crippen LogP contribution in [0.2, 0.25) is 0 Å². The van der Waals surface area contributed by atoms with E-state index in [0.717, 1.165) is 50.6 Å². The van der Waals surface area contributed by atoms with Gasteiger partial charge in [0.05, 0.1) is 11.9 Å². The zero-order chi connectivity index (χ0) is 17.5. The molecular weight excluding hydrogens is 441 g/mol. The smallest absolute Gasteiger partial charge is 0.191 e. The largest absolute Gasteiger partial charge is 0.469 e. The average molecular weight is 475 g/mol. The Morgan fingerprint density at radius 3 is 2.88 bits per heavy atom. The molecule has 6 heteroatoms. The lowest BCUT2D eigenvalue weighted by molar-refractivity contribution is -0.0815. The van der Waals surface area contributed by atoms with Gasteiger partial charge in [-0.25, -0.2) is 0 Å².